The Morgan fingerprint density at radius 3 is 2.50 bits per heavy atom. The van der Waals surface area contributed by atoms with Crippen LogP contribution in [0.15, 0.2) is 22.7 Å². The molecule has 0 spiro atoms. The number of nitrogens with zero attached hydrogens (tertiary/aromatic N) is 1. The molecule has 1 aromatic rings. The van der Waals surface area contributed by atoms with E-state index in [1.54, 1.807) is 0 Å². The summed E-state index contributed by atoms with van der Waals surface area (Å²) < 4.78 is 0.931. The molecule has 4 heteroatoms. The van der Waals surface area contributed by atoms with Crippen LogP contribution in [0.1, 0.15) is 32.4 Å². The summed E-state index contributed by atoms with van der Waals surface area (Å²) in [6.45, 7) is 9.31. The lowest BCUT2D eigenvalue weighted by Crippen LogP contribution is -2.36. The van der Waals surface area contributed by atoms with Crippen molar-refractivity contribution in [2.45, 2.75) is 26.8 Å². The maximum absolute atomic E-state index is 6.03. The van der Waals surface area contributed by atoms with Crippen molar-refractivity contribution in [2.75, 3.05) is 19.6 Å². The highest BCUT2D eigenvalue weighted by Gasteiger charge is 2.19. The molecule has 0 aromatic heterocycles. The molecule has 0 fully saturated rings. The molecular weight excluding hydrogens is 312 g/mol. The number of likely N-dealkylation sites (N-methyl/N-ethyl adjacent to an activating group) is 1. The van der Waals surface area contributed by atoms with Crippen LogP contribution in [0.2, 0.25) is 5.02 Å². The number of rotatable bonds is 6. The van der Waals surface area contributed by atoms with Gasteiger partial charge >= 0.3 is 0 Å². The molecule has 2 nitrogen and oxygen atoms in total. The highest BCUT2D eigenvalue weighted by molar-refractivity contribution is 9.10. The Morgan fingerprint density at radius 1 is 1.39 bits per heavy atom. The Morgan fingerprint density at radius 2 is 2.06 bits per heavy atom. The van der Waals surface area contributed by atoms with Crippen molar-refractivity contribution in [1.82, 2.24) is 4.90 Å². The predicted molar refractivity (Wildman–Crippen MR) is 83.0 cm³/mol. The van der Waals surface area contributed by atoms with E-state index in [0.717, 1.165) is 22.6 Å². The van der Waals surface area contributed by atoms with E-state index in [0.29, 0.717) is 12.5 Å². The van der Waals surface area contributed by atoms with Crippen LogP contribution < -0.4 is 5.73 Å². The molecule has 0 saturated carbocycles. The zero-order chi connectivity index (χ0) is 13.7. The average molecular weight is 334 g/mol. The van der Waals surface area contributed by atoms with Gasteiger partial charge < -0.3 is 5.73 Å². The van der Waals surface area contributed by atoms with Crippen LogP contribution in [-0.2, 0) is 0 Å². The maximum Gasteiger partial charge on any atom is 0.0548 e. The van der Waals surface area contributed by atoms with E-state index in [1.165, 1.54) is 5.56 Å². The summed E-state index contributed by atoms with van der Waals surface area (Å²) in [5.41, 5.74) is 7.17. The summed E-state index contributed by atoms with van der Waals surface area (Å²) in [4.78, 5) is 2.42. The van der Waals surface area contributed by atoms with Gasteiger partial charge in [-0.05, 0) is 46.1 Å². The van der Waals surface area contributed by atoms with Crippen LogP contribution in [-0.4, -0.2) is 24.5 Å². The van der Waals surface area contributed by atoms with Crippen molar-refractivity contribution in [2.24, 2.45) is 11.7 Å². The van der Waals surface area contributed by atoms with Gasteiger partial charge in [-0.1, -0.05) is 38.4 Å². The molecule has 0 aliphatic carbocycles. The maximum atomic E-state index is 6.03. The fraction of sp³-hybridized carbons (Fsp3) is 0.571. The third kappa shape index (κ3) is 4.23. The molecule has 0 heterocycles. The predicted octanol–water partition coefficient (Wildman–Crippen LogP) is 4.08. The Labute approximate surface area is 124 Å². The number of halogens is 2. The van der Waals surface area contributed by atoms with Gasteiger partial charge in [0.05, 0.1) is 5.02 Å². The molecule has 0 amide bonds. The minimum Gasteiger partial charge on any atom is -0.329 e. The number of hydrogen-bond acceptors (Lipinski definition) is 2. The largest absolute Gasteiger partial charge is 0.329 e. The van der Waals surface area contributed by atoms with E-state index in [2.05, 4.69) is 53.7 Å². The van der Waals surface area contributed by atoms with E-state index >= 15 is 0 Å². The Balaban J connectivity index is 2.95. The van der Waals surface area contributed by atoms with E-state index in [-0.39, 0.29) is 6.04 Å². The third-order valence-electron chi connectivity index (χ3n) is 3.00. The average Bonchev–Trinajstić information content (AvgIpc) is 2.32. The van der Waals surface area contributed by atoms with Crippen molar-refractivity contribution in [1.29, 1.82) is 0 Å². The molecule has 0 aliphatic heterocycles. The van der Waals surface area contributed by atoms with E-state index < -0.39 is 0 Å². The number of hydrogen-bond donors (Lipinski definition) is 1. The quantitative estimate of drug-likeness (QED) is 0.850. The van der Waals surface area contributed by atoms with E-state index in [9.17, 15) is 0 Å². The van der Waals surface area contributed by atoms with E-state index in [4.69, 9.17) is 17.3 Å². The first-order valence-electron chi connectivity index (χ1n) is 6.38. The lowest BCUT2D eigenvalue weighted by molar-refractivity contribution is 0.189. The minimum atomic E-state index is 0.256. The Hall–Kier alpha value is -0.0900. The second-order valence-electron chi connectivity index (χ2n) is 4.91. The molecule has 1 atom stereocenters. The van der Waals surface area contributed by atoms with Gasteiger partial charge in [-0.2, -0.15) is 0 Å². The van der Waals surface area contributed by atoms with Crippen LogP contribution in [0.4, 0.5) is 0 Å². The Kier molecular flexibility index (Phi) is 6.64. The van der Waals surface area contributed by atoms with Gasteiger partial charge in [0.2, 0.25) is 0 Å². The highest BCUT2D eigenvalue weighted by atomic mass is 79.9. The molecule has 1 aromatic carbocycles. The van der Waals surface area contributed by atoms with Crippen molar-refractivity contribution in [3.05, 3.63) is 33.3 Å². The summed E-state index contributed by atoms with van der Waals surface area (Å²) in [7, 11) is 0. The number of benzene rings is 1. The monoisotopic (exact) mass is 332 g/mol. The topological polar surface area (TPSA) is 29.3 Å². The summed E-state index contributed by atoms with van der Waals surface area (Å²) in [5, 5.41) is 0.737. The minimum absolute atomic E-state index is 0.256. The lowest BCUT2D eigenvalue weighted by atomic mass is 10.0. The summed E-state index contributed by atoms with van der Waals surface area (Å²) in [6.07, 6.45) is 0. The molecule has 1 unspecified atom stereocenters. The molecular formula is C14H22BrClN2. The van der Waals surface area contributed by atoms with Crippen molar-refractivity contribution >= 4 is 27.5 Å². The summed E-state index contributed by atoms with van der Waals surface area (Å²) in [6, 6.07) is 6.31. The van der Waals surface area contributed by atoms with Crippen LogP contribution in [0.3, 0.4) is 0 Å². The normalized spacial score (nSPS) is 13.3. The second-order valence-corrected chi connectivity index (χ2v) is 6.17. The SMILES string of the molecule is CCN(CC(C)C)C(CN)c1ccc(Cl)c(Br)c1. The Bertz CT molecular complexity index is 382. The van der Waals surface area contributed by atoms with Gasteiger partial charge in [-0.3, -0.25) is 4.90 Å². The van der Waals surface area contributed by atoms with Crippen LogP contribution in [0, 0.1) is 5.92 Å². The first kappa shape index (κ1) is 16.0. The lowest BCUT2D eigenvalue weighted by Gasteiger charge is -2.31. The van der Waals surface area contributed by atoms with Crippen molar-refractivity contribution < 1.29 is 0 Å². The molecule has 102 valence electrons. The zero-order valence-electron chi connectivity index (χ0n) is 11.3. The van der Waals surface area contributed by atoms with Crippen molar-refractivity contribution in [3.63, 3.8) is 0 Å². The molecule has 1 rings (SSSR count). The van der Waals surface area contributed by atoms with Crippen LogP contribution in [0.5, 0.6) is 0 Å². The van der Waals surface area contributed by atoms with Crippen LogP contribution >= 0.6 is 27.5 Å². The smallest absolute Gasteiger partial charge is 0.0548 e. The standard InChI is InChI=1S/C14H22BrClN2/c1-4-18(9-10(2)3)14(8-17)11-5-6-13(16)12(15)7-11/h5-7,10,14H,4,8-9,17H2,1-3H3. The first-order valence-corrected chi connectivity index (χ1v) is 7.55. The molecule has 0 aliphatic rings. The second kappa shape index (κ2) is 7.49. The van der Waals surface area contributed by atoms with Gasteiger partial charge in [0.1, 0.15) is 0 Å². The van der Waals surface area contributed by atoms with Gasteiger partial charge in [0.25, 0.3) is 0 Å². The zero-order valence-corrected chi connectivity index (χ0v) is 13.6. The number of nitrogens with two attached hydrogens (primary N) is 1. The van der Waals surface area contributed by atoms with Gasteiger partial charge in [0, 0.05) is 23.6 Å². The van der Waals surface area contributed by atoms with Crippen molar-refractivity contribution in [3.8, 4) is 0 Å². The fourth-order valence-electron chi connectivity index (χ4n) is 2.16. The fourth-order valence-corrected chi connectivity index (χ4v) is 2.68. The van der Waals surface area contributed by atoms with Gasteiger partial charge in [0.15, 0.2) is 0 Å². The molecule has 0 bridgehead atoms. The summed E-state index contributed by atoms with van der Waals surface area (Å²) in [5.74, 6) is 0.634. The molecule has 18 heavy (non-hydrogen) atoms. The third-order valence-corrected chi connectivity index (χ3v) is 4.21. The molecule has 0 radical (unpaired) electrons. The van der Waals surface area contributed by atoms with Gasteiger partial charge in [-0.25, -0.2) is 0 Å². The summed E-state index contributed by atoms with van der Waals surface area (Å²) >= 11 is 9.51. The van der Waals surface area contributed by atoms with E-state index in [1.807, 2.05) is 6.07 Å². The van der Waals surface area contributed by atoms with Crippen LogP contribution in [0.25, 0.3) is 0 Å². The molecule has 2 N–H and O–H groups in total. The van der Waals surface area contributed by atoms with Gasteiger partial charge in [-0.15, -0.1) is 0 Å². The molecule has 0 saturated heterocycles. The highest BCUT2D eigenvalue weighted by Crippen LogP contribution is 2.28. The first-order chi connectivity index (χ1) is 8.49.